The van der Waals surface area contributed by atoms with Gasteiger partial charge in [0.05, 0.1) is 12.2 Å². The van der Waals surface area contributed by atoms with Gasteiger partial charge in [0.1, 0.15) is 0 Å². The van der Waals surface area contributed by atoms with E-state index in [1.165, 1.54) is 32.4 Å². The molecule has 1 spiro atoms. The first-order valence-electron chi connectivity index (χ1n) is 6.40. The van der Waals surface area contributed by atoms with Gasteiger partial charge >= 0.3 is 0 Å². The van der Waals surface area contributed by atoms with E-state index in [9.17, 15) is 0 Å². The van der Waals surface area contributed by atoms with Crippen molar-refractivity contribution >= 4 is 0 Å². The molecule has 1 saturated heterocycles. The van der Waals surface area contributed by atoms with Crippen LogP contribution in [-0.4, -0.2) is 36.2 Å². The van der Waals surface area contributed by atoms with Gasteiger partial charge in [-0.05, 0) is 58.9 Å². The minimum Gasteiger partial charge on any atom is -0.376 e. The Morgan fingerprint density at radius 2 is 1.87 bits per heavy atom. The van der Waals surface area contributed by atoms with Gasteiger partial charge in [0, 0.05) is 12.6 Å². The second-order valence-electron chi connectivity index (χ2n) is 6.03. The Labute approximate surface area is 94.0 Å². The molecule has 2 fully saturated rings. The number of rotatable bonds is 3. The highest BCUT2D eigenvalue weighted by atomic mass is 16.5. The van der Waals surface area contributed by atoms with Crippen LogP contribution in [0.3, 0.4) is 0 Å². The zero-order chi connectivity index (χ0) is 11.1. The summed E-state index contributed by atoms with van der Waals surface area (Å²) in [6, 6.07) is 0.717. The zero-order valence-corrected chi connectivity index (χ0v) is 10.6. The average Bonchev–Trinajstić information content (AvgIpc) is 2.47. The minimum absolute atomic E-state index is 0.398. The predicted octanol–water partition coefficient (Wildman–Crippen LogP) is 2.67. The van der Waals surface area contributed by atoms with Crippen LogP contribution in [0.4, 0.5) is 0 Å². The van der Waals surface area contributed by atoms with Crippen LogP contribution in [0.15, 0.2) is 0 Å². The smallest absolute Gasteiger partial charge is 0.0590 e. The molecule has 88 valence electrons. The summed E-state index contributed by atoms with van der Waals surface area (Å²) in [5, 5.41) is 0. The number of hydrogen-bond acceptors (Lipinski definition) is 2. The second-order valence-corrected chi connectivity index (χ2v) is 6.03. The molecule has 2 aliphatic rings. The van der Waals surface area contributed by atoms with Gasteiger partial charge in [0.2, 0.25) is 0 Å². The van der Waals surface area contributed by atoms with Gasteiger partial charge in [-0.3, -0.25) is 0 Å². The van der Waals surface area contributed by atoms with Crippen LogP contribution in [-0.2, 0) is 4.74 Å². The number of ether oxygens (including phenoxy) is 1. The first kappa shape index (κ1) is 11.4. The molecule has 2 nitrogen and oxygen atoms in total. The lowest BCUT2D eigenvalue weighted by Crippen LogP contribution is -2.45. The van der Waals surface area contributed by atoms with Crippen LogP contribution in [0, 0.1) is 5.41 Å². The SMILES string of the molecule is CC(C)OC1CC2(CCN(C(C)C)C2)C1. The van der Waals surface area contributed by atoms with E-state index in [0.717, 1.165) is 6.04 Å². The van der Waals surface area contributed by atoms with E-state index in [0.29, 0.717) is 17.6 Å². The monoisotopic (exact) mass is 211 g/mol. The number of nitrogens with zero attached hydrogens (tertiary/aromatic N) is 1. The fourth-order valence-corrected chi connectivity index (χ4v) is 3.13. The van der Waals surface area contributed by atoms with E-state index in [2.05, 4.69) is 32.6 Å². The van der Waals surface area contributed by atoms with Crippen molar-refractivity contribution in [1.82, 2.24) is 4.90 Å². The Bertz CT molecular complexity index is 219. The lowest BCUT2D eigenvalue weighted by molar-refractivity contribution is -0.100. The molecule has 1 heterocycles. The molecular formula is C13H25NO. The Morgan fingerprint density at radius 3 is 2.33 bits per heavy atom. The molecule has 2 rings (SSSR count). The Morgan fingerprint density at radius 1 is 1.20 bits per heavy atom. The van der Waals surface area contributed by atoms with E-state index in [4.69, 9.17) is 4.74 Å². The molecular weight excluding hydrogens is 186 g/mol. The Balaban J connectivity index is 1.78. The summed E-state index contributed by atoms with van der Waals surface area (Å²) in [5.41, 5.74) is 0.629. The standard InChI is InChI=1S/C13H25NO/c1-10(2)14-6-5-13(9-14)7-12(8-13)15-11(3)4/h10-12H,5-9H2,1-4H3. The van der Waals surface area contributed by atoms with Gasteiger partial charge in [0.25, 0.3) is 0 Å². The van der Waals surface area contributed by atoms with Crippen LogP contribution in [0.2, 0.25) is 0 Å². The Hall–Kier alpha value is -0.0800. The first-order valence-corrected chi connectivity index (χ1v) is 6.40. The molecule has 1 saturated carbocycles. The molecule has 0 aromatic rings. The molecule has 0 aromatic heterocycles. The van der Waals surface area contributed by atoms with E-state index >= 15 is 0 Å². The first-order chi connectivity index (χ1) is 7.01. The topological polar surface area (TPSA) is 12.5 Å². The summed E-state index contributed by atoms with van der Waals surface area (Å²) >= 11 is 0. The molecule has 0 unspecified atom stereocenters. The van der Waals surface area contributed by atoms with Gasteiger partial charge in [-0.25, -0.2) is 0 Å². The number of likely N-dealkylation sites (tertiary alicyclic amines) is 1. The molecule has 0 radical (unpaired) electrons. The van der Waals surface area contributed by atoms with Crippen LogP contribution < -0.4 is 0 Å². The second kappa shape index (κ2) is 4.06. The van der Waals surface area contributed by atoms with Crippen LogP contribution >= 0.6 is 0 Å². The van der Waals surface area contributed by atoms with Crippen LogP contribution in [0.25, 0.3) is 0 Å². The quantitative estimate of drug-likeness (QED) is 0.711. The van der Waals surface area contributed by atoms with Gasteiger partial charge in [-0.1, -0.05) is 0 Å². The predicted molar refractivity (Wildman–Crippen MR) is 63.0 cm³/mol. The summed E-state index contributed by atoms with van der Waals surface area (Å²) in [7, 11) is 0. The molecule has 15 heavy (non-hydrogen) atoms. The highest BCUT2D eigenvalue weighted by molar-refractivity contribution is 5.01. The van der Waals surface area contributed by atoms with Crippen LogP contribution in [0.5, 0.6) is 0 Å². The summed E-state index contributed by atoms with van der Waals surface area (Å²) in [5.74, 6) is 0. The normalized spacial score (nSPS) is 36.8. The van der Waals surface area contributed by atoms with Gasteiger partial charge in [-0.15, -0.1) is 0 Å². The minimum atomic E-state index is 0.398. The zero-order valence-electron chi connectivity index (χ0n) is 10.6. The van der Waals surface area contributed by atoms with Crippen molar-refractivity contribution in [3.63, 3.8) is 0 Å². The fourth-order valence-electron chi connectivity index (χ4n) is 3.13. The summed E-state index contributed by atoms with van der Waals surface area (Å²) in [4.78, 5) is 2.62. The third-order valence-corrected chi connectivity index (χ3v) is 3.98. The lowest BCUT2D eigenvalue weighted by atomic mass is 9.66. The largest absolute Gasteiger partial charge is 0.376 e. The molecule has 0 aromatic carbocycles. The third kappa shape index (κ3) is 2.36. The highest BCUT2D eigenvalue weighted by Gasteiger charge is 2.49. The molecule has 1 aliphatic heterocycles. The lowest BCUT2D eigenvalue weighted by Gasteiger charge is -2.46. The average molecular weight is 211 g/mol. The highest BCUT2D eigenvalue weighted by Crippen LogP contribution is 2.50. The molecule has 1 aliphatic carbocycles. The summed E-state index contributed by atoms with van der Waals surface area (Å²) in [6.45, 7) is 11.5. The van der Waals surface area contributed by atoms with Crippen molar-refractivity contribution in [1.29, 1.82) is 0 Å². The van der Waals surface area contributed by atoms with E-state index < -0.39 is 0 Å². The fraction of sp³-hybridized carbons (Fsp3) is 1.00. The molecule has 0 amide bonds. The van der Waals surface area contributed by atoms with Crippen molar-refractivity contribution in [2.45, 2.75) is 65.2 Å². The maximum Gasteiger partial charge on any atom is 0.0590 e. The summed E-state index contributed by atoms with van der Waals surface area (Å²) in [6.07, 6.45) is 4.94. The van der Waals surface area contributed by atoms with E-state index in [1.54, 1.807) is 0 Å². The van der Waals surface area contributed by atoms with Crippen molar-refractivity contribution in [2.75, 3.05) is 13.1 Å². The van der Waals surface area contributed by atoms with Crippen molar-refractivity contribution in [2.24, 2.45) is 5.41 Å². The van der Waals surface area contributed by atoms with Gasteiger partial charge < -0.3 is 9.64 Å². The van der Waals surface area contributed by atoms with Crippen molar-refractivity contribution < 1.29 is 4.74 Å². The molecule has 2 heteroatoms. The summed E-state index contributed by atoms with van der Waals surface area (Å²) < 4.78 is 5.85. The maximum absolute atomic E-state index is 5.85. The van der Waals surface area contributed by atoms with Crippen LogP contribution in [0.1, 0.15) is 47.0 Å². The molecule has 0 atom stereocenters. The van der Waals surface area contributed by atoms with E-state index in [-0.39, 0.29) is 0 Å². The van der Waals surface area contributed by atoms with Crippen molar-refractivity contribution in [3.8, 4) is 0 Å². The number of hydrogen-bond donors (Lipinski definition) is 0. The maximum atomic E-state index is 5.85. The molecule has 0 N–H and O–H groups in total. The van der Waals surface area contributed by atoms with Gasteiger partial charge in [-0.2, -0.15) is 0 Å². The third-order valence-electron chi connectivity index (χ3n) is 3.98. The van der Waals surface area contributed by atoms with Crippen molar-refractivity contribution in [3.05, 3.63) is 0 Å². The molecule has 0 bridgehead atoms. The Kier molecular flexibility index (Phi) is 3.09. The van der Waals surface area contributed by atoms with Gasteiger partial charge in [0.15, 0.2) is 0 Å². The van der Waals surface area contributed by atoms with E-state index in [1.807, 2.05) is 0 Å².